The van der Waals surface area contributed by atoms with Crippen LogP contribution in [-0.4, -0.2) is 44.8 Å². The molecule has 0 aromatic carbocycles. The van der Waals surface area contributed by atoms with E-state index in [0.29, 0.717) is 25.6 Å². The van der Waals surface area contributed by atoms with E-state index < -0.39 is 6.10 Å². The molecule has 2 heterocycles. The van der Waals surface area contributed by atoms with Crippen LogP contribution in [-0.2, 0) is 29.0 Å². The first kappa shape index (κ1) is 15.0. The normalized spacial score (nSPS) is 16.4. The Labute approximate surface area is 120 Å². The number of carbonyl (C=O) groups is 1. The number of hydrogen-bond donors (Lipinski definition) is 0. The van der Waals surface area contributed by atoms with Crippen LogP contribution in [0.3, 0.4) is 0 Å². The maximum atomic E-state index is 12.3. The second kappa shape index (κ2) is 6.35. The van der Waals surface area contributed by atoms with Crippen LogP contribution in [0.4, 0.5) is 0 Å². The summed E-state index contributed by atoms with van der Waals surface area (Å²) in [7, 11) is 0. The number of hydrogen-bond acceptors (Lipinski definition) is 4. The summed E-state index contributed by atoms with van der Waals surface area (Å²) in [6.45, 7) is 10.6. The van der Waals surface area contributed by atoms with Crippen molar-refractivity contribution in [1.29, 1.82) is 0 Å². The highest BCUT2D eigenvalue weighted by molar-refractivity contribution is 5.80. The fourth-order valence-electron chi connectivity index (χ4n) is 2.33. The van der Waals surface area contributed by atoms with Crippen molar-refractivity contribution in [2.45, 2.75) is 53.3 Å². The van der Waals surface area contributed by atoms with Crippen molar-refractivity contribution >= 4 is 5.91 Å². The fraction of sp³-hybridized carbons (Fsp3) is 0.786. The molecule has 0 saturated heterocycles. The van der Waals surface area contributed by atoms with Gasteiger partial charge in [-0.1, -0.05) is 20.8 Å². The molecule has 20 heavy (non-hydrogen) atoms. The Kier molecular flexibility index (Phi) is 4.75. The maximum Gasteiger partial charge on any atom is 0.251 e. The van der Waals surface area contributed by atoms with E-state index in [0.717, 1.165) is 24.6 Å². The third kappa shape index (κ3) is 3.17. The summed E-state index contributed by atoms with van der Waals surface area (Å²) >= 11 is 0. The molecule has 0 unspecified atom stereocenters. The number of fused-ring (bicyclic) bond motifs is 1. The molecule has 1 atom stereocenters. The monoisotopic (exact) mass is 280 g/mol. The van der Waals surface area contributed by atoms with Crippen molar-refractivity contribution in [1.82, 2.24) is 19.7 Å². The average Bonchev–Trinajstić information content (AvgIpc) is 2.85. The zero-order valence-corrected chi connectivity index (χ0v) is 12.8. The molecule has 2 rings (SSSR count). The van der Waals surface area contributed by atoms with Gasteiger partial charge in [0.15, 0.2) is 5.82 Å². The molecule has 1 aliphatic heterocycles. The van der Waals surface area contributed by atoms with Crippen molar-refractivity contribution in [2.24, 2.45) is 5.92 Å². The zero-order chi connectivity index (χ0) is 14.7. The van der Waals surface area contributed by atoms with Gasteiger partial charge in [-0.3, -0.25) is 4.79 Å². The molecule has 0 aliphatic carbocycles. The Morgan fingerprint density at radius 1 is 1.30 bits per heavy atom. The number of rotatable bonds is 5. The number of amides is 1. The van der Waals surface area contributed by atoms with Gasteiger partial charge in [0.1, 0.15) is 11.9 Å². The second-order valence-corrected chi connectivity index (χ2v) is 5.67. The molecule has 6 nitrogen and oxygen atoms in total. The third-order valence-corrected chi connectivity index (χ3v) is 3.49. The molecule has 112 valence electrons. The van der Waals surface area contributed by atoms with E-state index in [1.807, 2.05) is 11.8 Å². The van der Waals surface area contributed by atoms with Gasteiger partial charge in [-0.15, -0.1) is 10.2 Å². The number of carbonyl (C=O) groups excluding carboxylic acids is 1. The van der Waals surface area contributed by atoms with Gasteiger partial charge in [0, 0.05) is 26.1 Å². The number of nitrogens with zero attached hydrogens (tertiary/aromatic N) is 4. The molecule has 0 fully saturated rings. The average molecular weight is 280 g/mol. The standard InChI is InChI=1S/C14H24N4O2/c1-5-12-15-16-13-8-17(6-7-18(12)13)14(19)11(4)20-9-10(2)3/h10-11H,5-9H2,1-4H3/t11-/m1/s1. The summed E-state index contributed by atoms with van der Waals surface area (Å²) < 4.78 is 7.71. The number of aryl methyl sites for hydroxylation is 1. The molecule has 0 bridgehead atoms. The lowest BCUT2D eigenvalue weighted by atomic mass is 10.2. The lowest BCUT2D eigenvalue weighted by Crippen LogP contribution is -2.44. The lowest BCUT2D eigenvalue weighted by Gasteiger charge is -2.30. The van der Waals surface area contributed by atoms with E-state index >= 15 is 0 Å². The Balaban J connectivity index is 1.96. The maximum absolute atomic E-state index is 12.3. The Morgan fingerprint density at radius 2 is 2.05 bits per heavy atom. The van der Waals surface area contributed by atoms with Crippen LogP contribution in [0.2, 0.25) is 0 Å². The van der Waals surface area contributed by atoms with Crippen LogP contribution in [0.1, 0.15) is 39.3 Å². The molecular formula is C14H24N4O2. The highest BCUT2D eigenvalue weighted by atomic mass is 16.5. The largest absolute Gasteiger partial charge is 0.368 e. The molecule has 0 spiro atoms. The molecule has 0 N–H and O–H groups in total. The van der Waals surface area contributed by atoms with Crippen LogP contribution in [0.5, 0.6) is 0 Å². The molecule has 0 saturated carbocycles. The van der Waals surface area contributed by atoms with Crippen LogP contribution in [0.25, 0.3) is 0 Å². The first-order valence-corrected chi connectivity index (χ1v) is 7.34. The smallest absolute Gasteiger partial charge is 0.251 e. The Hall–Kier alpha value is -1.43. The van der Waals surface area contributed by atoms with Crippen molar-refractivity contribution < 1.29 is 9.53 Å². The molecule has 1 amide bonds. The second-order valence-electron chi connectivity index (χ2n) is 5.67. The first-order chi connectivity index (χ1) is 9.52. The molecule has 1 aromatic heterocycles. The summed E-state index contributed by atoms with van der Waals surface area (Å²) in [6, 6.07) is 0. The fourth-order valence-corrected chi connectivity index (χ4v) is 2.33. The summed E-state index contributed by atoms with van der Waals surface area (Å²) in [5.74, 6) is 2.34. The summed E-state index contributed by atoms with van der Waals surface area (Å²) in [4.78, 5) is 14.2. The highest BCUT2D eigenvalue weighted by Gasteiger charge is 2.27. The van der Waals surface area contributed by atoms with Gasteiger partial charge in [0.2, 0.25) is 0 Å². The topological polar surface area (TPSA) is 60.2 Å². The van der Waals surface area contributed by atoms with Crippen LogP contribution in [0, 0.1) is 5.92 Å². The van der Waals surface area contributed by atoms with Crippen molar-refractivity contribution in [3.05, 3.63) is 11.6 Å². The van der Waals surface area contributed by atoms with E-state index in [1.165, 1.54) is 0 Å². The van der Waals surface area contributed by atoms with E-state index in [-0.39, 0.29) is 5.91 Å². The van der Waals surface area contributed by atoms with Gasteiger partial charge < -0.3 is 14.2 Å². The summed E-state index contributed by atoms with van der Waals surface area (Å²) in [6.07, 6.45) is 0.479. The van der Waals surface area contributed by atoms with Crippen molar-refractivity contribution in [3.8, 4) is 0 Å². The zero-order valence-electron chi connectivity index (χ0n) is 12.8. The van der Waals surface area contributed by atoms with Crippen LogP contribution < -0.4 is 0 Å². The minimum atomic E-state index is -0.391. The Bertz CT molecular complexity index is 470. The third-order valence-electron chi connectivity index (χ3n) is 3.49. The van der Waals surface area contributed by atoms with Gasteiger partial charge >= 0.3 is 0 Å². The predicted octanol–water partition coefficient (Wildman–Crippen LogP) is 1.24. The van der Waals surface area contributed by atoms with Gasteiger partial charge in [0.05, 0.1) is 6.54 Å². The molecular weight excluding hydrogens is 256 g/mol. The minimum Gasteiger partial charge on any atom is -0.368 e. The van der Waals surface area contributed by atoms with Gasteiger partial charge in [-0.05, 0) is 12.8 Å². The molecule has 1 aromatic rings. The first-order valence-electron chi connectivity index (χ1n) is 7.34. The highest BCUT2D eigenvalue weighted by Crippen LogP contribution is 2.14. The van der Waals surface area contributed by atoms with Crippen LogP contribution in [0.15, 0.2) is 0 Å². The van der Waals surface area contributed by atoms with E-state index in [9.17, 15) is 4.79 Å². The number of ether oxygens (including phenoxy) is 1. The SMILES string of the molecule is CCc1nnc2n1CCN(C(=O)[C@@H](C)OCC(C)C)C2. The van der Waals surface area contributed by atoms with Gasteiger partial charge in [-0.2, -0.15) is 0 Å². The molecule has 1 aliphatic rings. The van der Waals surface area contributed by atoms with Crippen LogP contribution >= 0.6 is 0 Å². The minimum absolute atomic E-state index is 0.0398. The predicted molar refractivity (Wildman–Crippen MR) is 75.1 cm³/mol. The van der Waals surface area contributed by atoms with E-state index in [2.05, 4.69) is 35.5 Å². The summed E-state index contributed by atoms with van der Waals surface area (Å²) in [5.41, 5.74) is 0. The molecule has 0 radical (unpaired) electrons. The van der Waals surface area contributed by atoms with E-state index in [4.69, 9.17) is 4.74 Å². The lowest BCUT2D eigenvalue weighted by molar-refractivity contribution is -0.144. The van der Waals surface area contributed by atoms with Crippen molar-refractivity contribution in [2.75, 3.05) is 13.2 Å². The summed E-state index contributed by atoms with van der Waals surface area (Å²) in [5, 5.41) is 8.33. The van der Waals surface area contributed by atoms with Gasteiger partial charge in [0.25, 0.3) is 5.91 Å². The van der Waals surface area contributed by atoms with E-state index in [1.54, 1.807) is 0 Å². The Morgan fingerprint density at radius 3 is 2.70 bits per heavy atom. The van der Waals surface area contributed by atoms with Gasteiger partial charge in [-0.25, -0.2) is 0 Å². The quantitative estimate of drug-likeness (QED) is 0.814. The molecule has 6 heteroatoms. The van der Waals surface area contributed by atoms with Crippen molar-refractivity contribution in [3.63, 3.8) is 0 Å². The number of aromatic nitrogens is 3.